The van der Waals surface area contributed by atoms with E-state index >= 15 is 0 Å². The van der Waals surface area contributed by atoms with Gasteiger partial charge in [0.15, 0.2) is 0 Å². The van der Waals surface area contributed by atoms with Gasteiger partial charge in [0.2, 0.25) is 11.8 Å². The molecule has 0 atom stereocenters. The number of methoxy groups -OCH3 is 1. The topological polar surface area (TPSA) is 94.5 Å². The van der Waals surface area contributed by atoms with Crippen molar-refractivity contribution < 1.29 is 14.3 Å². The van der Waals surface area contributed by atoms with E-state index < -0.39 is 0 Å². The Bertz CT molecular complexity index is 813. The number of carbonyl (C=O) groups excluding carboxylic acids is 2. The summed E-state index contributed by atoms with van der Waals surface area (Å²) in [5.74, 6) is 0.167. The van der Waals surface area contributed by atoms with E-state index in [0.29, 0.717) is 28.5 Å². The molecule has 0 aliphatic rings. The molecule has 7 nitrogen and oxygen atoms in total. The maximum atomic E-state index is 12.2. The van der Waals surface area contributed by atoms with Crippen molar-refractivity contribution in [3.05, 3.63) is 41.3 Å². The number of benzene rings is 1. The fraction of sp³-hybridized carbons (Fsp3) is 0.278. The van der Waals surface area contributed by atoms with Gasteiger partial charge >= 0.3 is 0 Å². The highest BCUT2D eigenvalue weighted by atomic mass is 32.1. The summed E-state index contributed by atoms with van der Waals surface area (Å²) in [5.41, 5.74) is 1.06. The van der Waals surface area contributed by atoms with Gasteiger partial charge in [0.25, 0.3) is 0 Å². The van der Waals surface area contributed by atoms with Crippen LogP contribution in [-0.4, -0.2) is 43.5 Å². The van der Waals surface area contributed by atoms with Crippen LogP contribution in [0.2, 0.25) is 0 Å². The van der Waals surface area contributed by atoms with Crippen LogP contribution in [0.1, 0.15) is 12.5 Å². The molecular weight excluding hydrogens is 352 g/mol. The summed E-state index contributed by atoms with van der Waals surface area (Å²) in [6.45, 7) is 2.55. The molecule has 2 N–H and O–H groups in total. The van der Waals surface area contributed by atoms with Gasteiger partial charge in [-0.1, -0.05) is 13.0 Å². The number of ether oxygens (including phenoxy) is 1. The van der Waals surface area contributed by atoms with E-state index in [1.54, 1.807) is 47.7 Å². The molecule has 2 rings (SSSR count). The molecular formula is C18H20N4O3S. The Morgan fingerprint density at radius 3 is 2.62 bits per heavy atom. The number of amides is 2. The number of rotatable bonds is 8. The van der Waals surface area contributed by atoms with Crippen LogP contribution < -0.4 is 15.4 Å². The van der Waals surface area contributed by atoms with E-state index in [0.717, 1.165) is 0 Å². The zero-order chi connectivity index (χ0) is 18.9. The van der Waals surface area contributed by atoms with Crippen molar-refractivity contribution in [3.8, 4) is 11.8 Å². The number of hydrogen-bond acceptors (Lipinski definition) is 6. The first-order valence-corrected chi connectivity index (χ1v) is 8.87. The van der Waals surface area contributed by atoms with Crippen LogP contribution in [-0.2, 0) is 9.59 Å². The van der Waals surface area contributed by atoms with Crippen molar-refractivity contribution in [1.82, 2.24) is 4.90 Å². The highest BCUT2D eigenvalue weighted by Crippen LogP contribution is 2.22. The summed E-state index contributed by atoms with van der Waals surface area (Å²) in [5, 5.41) is 16.7. The van der Waals surface area contributed by atoms with Gasteiger partial charge in [0, 0.05) is 11.8 Å². The number of nitrogens with one attached hydrogen (secondary N) is 2. The molecule has 2 amide bonds. The molecule has 8 heteroatoms. The Labute approximate surface area is 156 Å². The summed E-state index contributed by atoms with van der Waals surface area (Å²) in [6.07, 6.45) is 0. The normalized spacial score (nSPS) is 10.2. The minimum Gasteiger partial charge on any atom is -0.497 e. The second-order valence-corrected chi connectivity index (χ2v) is 6.32. The zero-order valence-corrected chi connectivity index (χ0v) is 15.4. The molecule has 0 saturated carbocycles. The summed E-state index contributed by atoms with van der Waals surface area (Å²) in [4.78, 5) is 26.1. The van der Waals surface area contributed by atoms with Gasteiger partial charge < -0.3 is 15.4 Å². The molecule has 0 fully saturated rings. The molecule has 0 bridgehead atoms. The fourth-order valence-corrected chi connectivity index (χ4v) is 3.00. The molecule has 2 aromatic rings. The minimum absolute atomic E-state index is 0.0603. The molecule has 1 aromatic carbocycles. The highest BCUT2D eigenvalue weighted by molar-refractivity contribution is 7.14. The fourth-order valence-electron chi connectivity index (χ4n) is 2.25. The average Bonchev–Trinajstić information content (AvgIpc) is 3.08. The Hall–Kier alpha value is -2.89. The number of likely N-dealkylation sites (N-methyl/N-ethyl adjacent to an activating group) is 1. The Morgan fingerprint density at radius 2 is 1.96 bits per heavy atom. The predicted molar refractivity (Wildman–Crippen MR) is 101 cm³/mol. The van der Waals surface area contributed by atoms with Gasteiger partial charge in [-0.2, -0.15) is 5.26 Å². The number of nitriles is 1. The third-order valence-corrected chi connectivity index (χ3v) is 4.40. The first-order valence-electron chi connectivity index (χ1n) is 7.99. The Kier molecular flexibility index (Phi) is 7.14. The smallest absolute Gasteiger partial charge is 0.239 e. The number of thiophene rings is 1. The van der Waals surface area contributed by atoms with E-state index in [4.69, 9.17) is 10.00 Å². The zero-order valence-electron chi connectivity index (χ0n) is 14.6. The van der Waals surface area contributed by atoms with Crippen molar-refractivity contribution in [1.29, 1.82) is 5.26 Å². The molecule has 0 radical (unpaired) electrons. The standard InChI is InChI=1S/C18H20N4O3S/c1-3-22(12-17(24)21-18-13(10-19)7-8-26-18)11-16(23)20-14-5-4-6-15(9-14)25-2/h4-9H,3,11-12H2,1-2H3,(H,20,23)(H,21,24). The molecule has 1 heterocycles. The summed E-state index contributed by atoms with van der Waals surface area (Å²) >= 11 is 1.29. The lowest BCUT2D eigenvalue weighted by Crippen LogP contribution is -2.38. The van der Waals surface area contributed by atoms with Gasteiger partial charge in [-0.15, -0.1) is 11.3 Å². The molecule has 0 aliphatic heterocycles. The lowest BCUT2D eigenvalue weighted by Gasteiger charge is -2.19. The number of nitrogens with zero attached hydrogens (tertiary/aromatic N) is 2. The lowest BCUT2D eigenvalue weighted by atomic mass is 10.3. The summed E-state index contributed by atoms with van der Waals surface area (Å²) < 4.78 is 5.12. The second-order valence-electron chi connectivity index (χ2n) is 5.41. The van der Waals surface area contributed by atoms with Crippen LogP contribution in [0.15, 0.2) is 35.7 Å². The van der Waals surface area contributed by atoms with Gasteiger partial charge in [0.1, 0.15) is 16.8 Å². The van der Waals surface area contributed by atoms with E-state index in [-0.39, 0.29) is 24.9 Å². The van der Waals surface area contributed by atoms with Crippen LogP contribution in [0.25, 0.3) is 0 Å². The van der Waals surface area contributed by atoms with Gasteiger partial charge in [0.05, 0.1) is 25.8 Å². The summed E-state index contributed by atoms with van der Waals surface area (Å²) in [7, 11) is 1.56. The molecule has 1 aromatic heterocycles. The average molecular weight is 372 g/mol. The number of anilines is 2. The van der Waals surface area contributed by atoms with Gasteiger partial charge in [-0.05, 0) is 30.1 Å². The SMILES string of the molecule is CCN(CC(=O)Nc1cccc(OC)c1)CC(=O)Nc1sccc1C#N. The van der Waals surface area contributed by atoms with E-state index in [2.05, 4.69) is 10.6 Å². The van der Waals surface area contributed by atoms with E-state index in [1.165, 1.54) is 11.3 Å². The van der Waals surface area contributed by atoms with Crippen LogP contribution in [0.5, 0.6) is 5.75 Å². The number of hydrogen-bond donors (Lipinski definition) is 2. The largest absolute Gasteiger partial charge is 0.497 e. The lowest BCUT2D eigenvalue weighted by molar-refractivity contribution is -0.119. The van der Waals surface area contributed by atoms with Crippen LogP contribution in [0.4, 0.5) is 10.7 Å². The minimum atomic E-state index is -0.264. The molecule has 0 aliphatic carbocycles. The van der Waals surface area contributed by atoms with Crippen LogP contribution in [0.3, 0.4) is 0 Å². The molecule has 26 heavy (non-hydrogen) atoms. The van der Waals surface area contributed by atoms with E-state index in [9.17, 15) is 9.59 Å². The van der Waals surface area contributed by atoms with Crippen molar-refractivity contribution >= 4 is 33.8 Å². The molecule has 136 valence electrons. The maximum absolute atomic E-state index is 12.2. The Balaban J connectivity index is 1.88. The van der Waals surface area contributed by atoms with Crippen molar-refractivity contribution in [3.63, 3.8) is 0 Å². The number of carbonyl (C=O) groups is 2. The second kappa shape index (κ2) is 9.56. The third kappa shape index (κ3) is 5.58. The molecule has 0 saturated heterocycles. The van der Waals surface area contributed by atoms with Crippen LogP contribution >= 0.6 is 11.3 Å². The van der Waals surface area contributed by atoms with Crippen molar-refractivity contribution in [2.45, 2.75) is 6.92 Å². The third-order valence-electron chi connectivity index (χ3n) is 3.57. The first kappa shape index (κ1) is 19.4. The molecule has 0 spiro atoms. The summed E-state index contributed by atoms with van der Waals surface area (Å²) in [6, 6.07) is 10.7. The highest BCUT2D eigenvalue weighted by Gasteiger charge is 2.15. The maximum Gasteiger partial charge on any atom is 0.239 e. The van der Waals surface area contributed by atoms with Crippen molar-refractivity contribution in [2.75, 3.05) is 37.4 Å². The molecule has 0 unspecified atom stereocenters. The van der Waals surface area contributed by atoms with Gasteiger partial charge in [-0.25, -0.2) is 0 Å². The van der Waals surface area contributed by atoms with E-state index in [1.807, 2.05) is 13.0 Å². The van der Waals surface area contributed by atoms with Crippen LogP contribution in [0, 0.1) is 11.3 Å². The quantitative estimate of drug-likeness (QED) is 0.742. The van der Waals surface area contributed by atoms with Crippen molar-refractivity contribution in [2.24, 2.45) is 0 Å². The monoisotopic (exact) mass is 372 g/mol. The Morgan fingerprint density at radius 1 is 1.23 bits per heavy atom. The predicted octanol–water partition coefficient (Wildman–Crippen LogP) is 2.53. The van der Waals surface area contributed by atoms with Gasteiger partial charge in [-0.3, -0.25) is 14.5 Å². The first-order chi connectivity index (χ1) is 12.5.